The molecule has 0 aromatic carbocycles. The predicted octanol–water partition coefficient (Wildman–Crippen LogP) is 17.7. The smallest absolute Gasteiger partial charge is 0.462 e. The molecule has 2 unspecified atom stereocenters. The van der Waals surface area contributed by atoms with Crippen LogP contribution in [0.4, 0.5) is 0 Å². The van der Waals surface area contributed by atoms with Crippen molar-refractivity contribution >= 4 is 39.5 Å². The van der Waals surface area contributed by atoms with Crippen LogP contribution in [0.3, 0.4) is 0 Å². The molecule has 0 amide bonds. The fourth-order valence-electron chi connectivity index (χ4n) is 9.53. The van der Waals surface area contributed by atoms with E-state index in [0.29, 0.717) is 31.6 Å². The van der Waals surface area contributed by atoms with Gasteiger partial charge in [-0.1, -0.05) is 266 Å². The lowest BCUT2D eigenvalue weighted by atomic mass is 10.0. The number of unbranched alkanes of at least 4 members (excludes halogenated alkanes) is 33. The van der Waals surface area contributed by atoms with E-state index in [4.69, 9.17) is 37.0 Å². The van der Waals surface area contributed by atoms with Crippen LogP contribution in [0.1, 0.15) is 318 Å². The molecule has 17 nitrogen and oxygen atoms in total. The standard InChI is InChI=1S/C64H124O17P2/c1-7-9-11-13-15-28-36-42-48-63(68)80-59(52-74-61(66)46-40-34-26-14-12-10-8-2)54-78-82(70,71)76-50-58(65)51-77-83(72,73)79-55-60(53-75-62(67)47-41-35-31-30-33-39-45-57(5)6)81-64(69)49-43-37-29-25-23-21-19-17-16-18-20-22-24-27-32-38-44-56(3)4/h56-60,65H,7-55H2,1-6H3,(H,70,71)(H,72,73)/t58-,59+,60+/m0/s1. The first-order valence-electron chi connectivity index (χ1n) is 33.5. The highest BCUT2D eigenvalue weighted by molar-refractivity contribution is 7.47. The van der Waals surface area contributed by atoms with Crippen LogP contribution in [0.2, 0.25) is 0 Å². The van der Waals surface area contributed by atoms with Crippen molar-refractivity contribution in [1.82, 2.24) is 0 Å². The Morgan fingerprint density at radius 1 is 0.325 bits per heavy atom. The Bertz CT molecular complexity index is 1630. The average Bonchev–Trinajstić information content (AvgIpc) is 3.45. The van der Waals surface area contributed by atoms with Crippen molar-refractivity contribution in [3.63, 3.8) is 0 Å². The van der Waals surface area contributed by atoms with Crippen molar-refractivity contribution in [2.45, 2.75) is 336 Å². The molecule has 492 valence electrons. The van der Waals surface area contributed by atoms with E-state index in [0.717, 1.165) is 121 Å². The van der Waals surface area contributed by atoms with Crippen molar-refractivity contribution in [3.05, 3.63) is 0 Å². The minimum atomic E-state index is -4.94. The third kappa shape index (κ3) is 58.8. The Hall–Kier alpha value is -1.94. The van der Waals surface area contributed by atoms with Crippen LogP contribution in [0.15, 0.2) is 0 Å². The van der Waals surface area contributed by atoms with Crippen LogP contribution in [0.5, 0.6) is 0 Å². The number of rotatable bonds is 63. The van der Waals surface area contributed by atoms with Crippen LogP contribution in [-0.2, 0) is 65.4 Å². The molecule has 0 bridgehead atoms. The Kier molecular flexibility index (Phi) is 55.2. The summed E-state index contributed by atoms with van der Waals surface area (Å²) in [4.78, 5) is 71.9. The van der Waals surface area contributed by atoms with Gasteiger partial charge in [0.2, 0.25) is 0 Å². The van der Waals surface area contributed by atoms with E-state index in [2.05, 4.69) is 41.5 Å². The van der Waals surface area contributed by atoms with E-state index in [1.165, 1.54) is 109 Å². The molecule has 0 fully saturated rings. The number of aliphatic hydroxyl groups excluding tert-OH is 1. The fourth-order valence-corrected chi connectivity index (χ4v) is 11.1. The van der Waals surface area contributed by atoms with Gasteiger partial charge in [-0.15, -0.1) is 0 Å². The highest BCUT2D eigenvalue weighted by Gasteiger charge is 2.30. The SMILES string of the molecule is CCCCCCCCCCC(=O)O[C@H](COC(=O)CCCCCCCCC)COP(=O)(O)OC[C@H](O)COP(=O)(O)OC[C@@H](COC(=O)CCCCCCCCC(C)C)OC(=O)CCCCCCCCCCCCCCCCCCC(C)C. The molecule has 83 heavy (non-hydrogen) atoms. The van der Waals surface area contributed by atoms with Crippen LogP contribution in [-0.4, -0.2) is 96.7 Å². The van der Waals surface area contributed by atoms with Crippen LogP contribution < -0.4 is 0 Å². The second kappa shape index (κ2) is 56.6. The quantitative estimate of drug-likeness (QED) is 0.0222. The normalized spacial score (nSPS) is 14.3. The minimum Gasteiger partial charge on any atom is -0.462 e. The van der Waals surface area contributed by atoms with E-state index in [-0.39, 0.29) is 25.7 Å². The van der Waals surface area contributed by atoms with Crippen molar-refractivity contribution < 1.29 is 80.2 Å². The summed E-state index contributed by atoms with van der Waals surface area (Å²) in [6, 6.07) is 0. The topological polar surface area (TPSA) is 237 Å². The van der Waals surface area contributed by atoms with Crippen LogP contribution in [0, 0.1) is 11.8 Å². The highest BCUT2D eigenvalue weighted by atomic mass is 31.2. The number of esters is 4. The Morgan fingerprint density at radius 3 is 0.819 bits per heavy atom. The number of hydrogen-bond acceptors (Lipinski definition) is 15. The number of phosphoric ester groups is 2. The lowest BCUT2D eigenvalue weighted by molar-refractivity contribution is -0.161. The molecule has 5 atom stereocenters. The maximum atomic E-state index is 13.0. The molecule has 0 aromatic rings. The Labute approximate surface area is 505 Å². The maximum absolute atomic E-state index is 13.0. The molecule has 0 aliphatic heterocycles. The summed E-state index contributed by atoms with van der Waals surface area (Å²) in [6.07, 6.45) is 39.4. The number of hydrogen-bond donors (Lipinski definition) is 3. The first-order valence-corrected chi connectivity index (χ1v) is 36.5. The molecule has 0 saturated carbocycles. The number of carbonyl (C=O) groups excluding carboxylic acids is 4. The van der Waals surface area contributed by atoms with Crippen molar-refractivity contribution in [1.29, 1.82) is 0 Å². The van der Waals surface area contributed by atoms with Gasteiger partial charge in [-0.2, -0.15) is 0 Å². The number of aliphatic hydroxyl groups is 1. The molecule has 0 aliphatic rings. The van der Waals surface area contributed by atoms with Crippen LogP contribution >= 0.6 is 15.6 Å². The van der Waals surface area contributed by atoms with E-state index in [1.54, 1.807) is 0 Å². The largest absolute Gasteiger partial charge is 0.472 e. The lowest BCUT2D eigenvalue weighted by Crippen LogP contribution is -2.30. The van der Waals surface area contributed by atoms with Crippen molar-refractivity contribution in [2.75, 3.05) is 39.6 Å². The van der Waals surface area contributed by atoms with Gasteiger partial charge >= 0.3 is 39.5 Å². The van der Waals surface area contributed by atoms with Crippen molar-refractivity contribution in [3.8, 4) is 0 Å². The number of phosphoric acid groups is 2. The van der Waals surface area contributed by atoms with Gasteiger partial charge in [-0.25, -0.2) is 9.13 Å². The summed E-state index contributed by atoms with van der Waals surface area (Å²) in [7, 11) is -9.88. The third-order valence-corrected chi connectivity index (χ3v) is 16.6. The predicted molar refractivity (Wildman–Crippen MR) is 331 cm³/mol. The number of carbonyl (C=O) groups is 4. The van der Waals surface area contributed by atoms with Gasteiger partial charge < -0.3 is 33.8 Å². The van der Waals surface area contributed by atoms with E-state index >= 15 is 0 Å². The Balaban J connectivity index is 5.12. The second-order valence-electron chi connectivity index (χ2n) is 24.1. The van der Waals surface area contributed by atoms with E-state index < -0.39 is 97.5 Å². The summed E-state index contributed by atoms with van der Waals surface area (Å²) in [6.45, 7) is 9.37. The summed E-state index contributed by atoms with van der Waals surface area (Å²) >= 11 is 0. The second-order valence-corrected chi connectivity index (χ2v) is 27.0. The van der Waals surface area contributed by atoms with Gasteiger partial charge in [0.1, 0.15) is 19.3 Å². The van der Waals surface area contributed by atoms with E-state index in [1.807, 2.05) is 0 Å². The average molecular weight is 1230 g/mol. The summed E-state index contributed by atoms with van der Waals surface area (Å²) in [5, 5.41) is 10.5. The van der Waals surface area contributed by atoms with Gasteiger partial charge in [-0.3, -0.25) is 37.3 Å². The van der Waals surface area contributed by atoms with Gasteiger partial charge in [0.15, 0.2) is 12.2 Å². The van der Waals surface area contributed by atoms with Gasteiger partial charge in [0, 0.05) is 25.7 Å². The molecule has 0 saturated heterocycles. The monoisotopic (exact) mass is 1230 g/mol. The zero-order chi connectivity index (χ0) is 61.5. The first-order chi connectivity index (χ1) is 39.9. The lowest BCUT2D eigenvalue weighted by Gasteiger charge is -2.21. The first kappa shape index (κ1) is 81.1. The van der Waals surface area contributed by atoms with Gasteiger partial charge in [-0.05, 0) is 37.5 Å². The van der Waals surface area contributed by atoms with E-state index in [9.17, 15) is 43.2 Å². The zero-order valence-corrected chi connectivity index (χ0v) is 55.3. The molecule has 0 aliphatic carbocycles. The molecule has 0 aromatic heterocycles. The highest BCUT2D eigenvalue weighted by Crippen LogP contribution is 2.45. The fraction of sp³-hybridized carbons (Fsp3) is 0.938. The molecule has 3 N–H and O–H groups in total. The maximum Gasteiger partial charge on any atom is 0.472 e. The van der Waals surface area contributed by atoms with Gasteiger partial charge in [0.25, 0.3) is 0 Å². The molecule has 0 heterocycles. The molecule has 0 radical (unpaired) electrons. The summed E-state index contributed by atoms with van der Waals surface area (Å²) in [5.41, 5.74) is 0. The van der Waals surface area contributed by atoms with Crippen LogP contribution in [0.25, 0.3) is 0 Å². The summed E-state index contributed by atoms with van der Waals surface area (Å²) < 4.78 is 67.8. The number of ether oxygens (including phenoxy) is 4. The minimum absolute atomic E-state index is 0.104. The zero-order valence-electron chi connectivity index (χ0n) is 53.5. The molecule has 0 spiro atoms. The third-order valence-electron chi connectivity index (χ3n) is 14.7. The van der Waals surface area contributed by atoms with Gasteiger partial charge in [0.05, 0.1) is 26.4 Å². The molecule has 0 rings (SSSR count). The summed E-state index contributed by atoms with van der Waals surface area (Å²) in [5.74, 6) is -0.654. The molecular weight excluding hydrogens is 1100 g/mol. The Morgan fingerprint density at radius 2 is 0.554 bits per heavy atom. The van der Waals surface area contributed by atoms with Crippen molar-refractivity contribution in [2.24, 2.45) is 11.8 Å². The molecule has 19 heteroatoms. The molecular formula is C64H124O17P2.